The van der Waals surface area contributed by atoms with E-state index >= 15 is 0 Å². The predicted molar refractivity (Wildman–Crippen MR) is 124 cm³/mol. The number of fused-ring (bicyclic) bond motifs is 1. The summed E-state index contributed by atoms with van der Waals surface area (Å²) in [5.41, 5.74) is 0.834. The number of rotatable bonds is 10. The SMILES string of the molecule is CCOC(=O)c1cc(CNC(=O)CCCOc2cccc3c2C(=O)N(C2CCC(=O)NC2=O)C3=O)[nH]n1. The Labute approximate surface area is 210 Å². The Bertz CT molecular complexity index is 1270. The van der Waals surface area contributed by atoms with Gasteiger partial charge >= 0.3 is 5.97 Å². The molecule has 5 amide bonds. The van der Waals surface area contributed by atoms with Crippen molar-refractivity contribution in [2.45, 2.75) is 45.2 Å². The van der Waals surface area contributed by atoms with E-state index in [0.29, 0.717) is 12.1 Å². The first-order valence-electron chi connectivity index (χ1n) is 11.8. The number of nitrogens with zero attached hydrogens (tertiary/aromatic N) is 2. The van der Waals surface area contributed by atoms with Gasteiger partial charge in [0.1, 0.15) is 11.8 Å². The Morgan fingerprint density at radius 3 is 2.76 bits per heavy atom. The first-order chi connectivity index (χ1) is 17.8. The van der Waals surface area contributed by atoms with E-state index in [0.717, 1.165) is 4.90 Å². The van der Waals surface area contributed by atoms with Crippen molar-refractivity contribution in [3.63, 3.8) is 0 Å². The van der Waals surface area contributed by atoms with Gasteiger partial charge in [-0.15, -0.1) is 0 Å². The van der Waals surface area contributed by atoms with Crippen LogP contribution >= 0.6 is 0 Å². The Balaban J connectivity index is 1.28. The highest BCUT2D eigenvalue weighted by molar-refractivity contribution is 6.24. The maximum Gasteiger partial charge on any atom is 0.358 e. The van der Waals surface area contributed by atoms with Crippen LogP contribution in [-0.2, 0) is 25.7 Å². The van der Waals surface area contributed by atoms with Crippen LogP contribution in [0.2, 0.25) is 0 Å². The fourth-order valence-corrected chi connectivity index (χ4v) is 4.06. The van der Waals surface area contributed by atoms with Crippen LogP contribution < -0.4 is 15.4 Å². The Hall–Kier alpha value is -4.55. The summed E-state index contributed by atoms with van der Waals surface area (Å²) in [6.07, 6.45) is 0.543. The molecule has 1 saturated heterocycles. The number of amides is 5. The molecule has 2 aliphatic rings. The molecule has 4 rings (SSSR count). The van der Waals surface area contributed by atoms with Crippen LogP contribution in [0.15, 0.2) is 24.3 Å². The summed E-state index contributed by atoms with van der Waals surface area (Å²) in [6, 6.07) is 5.01. The summed E-state index contributed by atoms with van der Waals surface area (Å²) in [5.74, 6) is -3.06. The number of aromatic amines is 1. The van der Waals surface area contributed by atoms with Crippen molar-refractivity contribution in [2.24, 2.45) is 0 Å². The van der Waals surface area contributed by atoms with Crippen molar-refractivity contribution in [1.82, 2.24) is 25.7 Å². The molecule has 3 N–H and O–H groups in total. The minimum Gasteiger partial charge on any atom is -0.493 e. The van der Waals surface area contributed by atoms with Crippen LogP contribution in [0.1, 0.15) is 69.5 Å². The molecule has 13 heteroatoms. The van der Waals surface area contributed by atoms with Crippen LogP contribution in [-0.4, -0.2) is 69.9 Å². The molecule has 3 heterocycles. The molecule has 2 aliphatic heterocycles. The van der Waals surface area contributed by atoms with E-state index in [1.54, 1.807) is 13.0 Å². The average Bonchev–Trinajstić information content (AvgIpc) is 3.45. The van der Waals surface area contributed by atoms with Gasteiger partial charge in [-0.1, -0.05) is 6.07 Å². The van der Waals surface area contributed by atoms with Gasteiger partial charge in [-0.2, -0.15) is 5.10 Å². The van der Waals surface area contributed by atoms with Crippen LogP contribution in [0.3, 0.4) is 0 Å². The highest BCUT2D eigenvalue weighted by Gasteiger charge is 2.45. The number of ether oxygens (including phenoxy) is 2. The largest absolute Gasteiger partial charge is 0.493 e. The fourth-order valence-electron chi connectivity index (χ4n) is 4.06. The van der Waals surface area contributed by atoms with Gasteiger partial charge < -0.3 is 14.8 Å². The second-order valence-corrected chi connectivity index (χ2v) is 8.35. The smallest absolute Gasteiger partial charge is 0.358 e. The molecule has 1 fully saturated rings. The van der Waals surface area contributed by atoms with E-state index in [-0.39, 0.29) is 67.5 Å². The summed E-state index contributed by atoms with van der Waals surface area (Å²) in [6.45, 7) is 2.16. The third-order valence-corrected chi connectivity index (χ3v) is 5.83. The van der Waals surface area contributed by atoms with Crippen LogP contribution in [0.5, 0.6) is 5.75 Å². The number of benzene rings is 1. The maximum absolute atomic E-state index is 13.1. The molecular formula is C24H25N5O8. The Morgan fingerprint density at radius 1 is 1.19 bits per heavy atom. The molecule has 37 heavy (non-hydrogen) atoms. The summed E-state index contributed by atoms with van der Waals surface area (Å²) >= 11 is 0. The van der Waals surface area contributed by atoms with Gasteiger partial charge in [-0.25, -0.2) is 4.79 Å². The molecule has 0 saturated carbocycles. The first-order valence-corrected chi connectivity index (χ1v) is 11.8. The molecule has 1 aromatic heterocycles. The van der Waals surface area contributed by atoms with Crippen molar-refractivity contribution in [1.29, 1.82) is 0 Å². The van der Waals surface area contributed by atoms with E-state index in [2.05, 4.69) is 20.8 Å². The zero-order valence-corrected chi connectivity index (χ0v) is 20.0. The minimum atomic E-state index is -1.06. The zero-order valence-electron chi connectivity index (χ0n) is 20.0. The quantitative estimate of drug-likeness (QED) is 0.232. The predicted octanol–water partition coefficient (Wildman–Crippen LogP) is 0.463. The monoisotopic (exact) mass is 511 g/mol. The second-order valence-electron chi connectivity index (χ2n) is 8.35. The lowest BCUT2D eigenvalue weighted by atomic mass is 10.0. The molecule has 0 aliphatic carbocycles. The van der Waals surface area contributed by atoms with Crippen molar-refractivity contribution in [3.8, 4) is 5.75 Å². The van der Waals surface area contributed by atoms with E-state index < -0.39 is 35.6 Å². The van der Waals surface area contributed by atoms with Crippen molar-refractivity contribution in [2.75, 3.05) is 13.2 Å². The standard InChI is InChI=1S/C24H25N5O8/c1-2-36-24(35)15-11-13(27-28-15)12-25-18(30)7-4-10-37-17-6-3-5-14-20(17)23(34)29(22(14)33)16-8-9-19(31)26-21(16)32/h3,5-6,11,16H,2,4,7-10,12H2,1H3,(H,25,30)(H,27,28)(H,26,31,32). The summed E-state index contributed by atoms with van der Waals surface area (Å²) in [7, 11) is 0. The molecule has 194 valence electrons. The number of imide groups is 2. The normalized spacial score (nSPS) is 16.9. The molecule has 2 aromatic rings. The van der Waals surface area contributed by atoms with Crippen molar-refractivity contribution >= 4 is 35.5 Å². The van der Waals surface area contributed by atoms with E-state index in [1.165, 1.54) is 18.2 Å². The highest BCUT2D eigenvalue weighted by Crippen LogP contribution is 2.33. The number of piperidine rings is 1. The molecular weight excluding hydrogens is 486 g/mol. The van der Waals surface area contributed by atoms with Gasteiger partial charge in [0.05, 0.1) is 36.6 Å². The summed E-state index contributed by atoms with van der Waals surface area (Å²) in [5, 5.41) is 11.4. The van der Waals surface area contributed by atoms with E-state index in [4.69, 9.17) is 9.47 Å². The number of H-pyrrole nitrogens is 1. The first kappa shape index (κ1) is 25.5. The third-order valence-electron chi connectivity index (χ3n) is 5.83. The molecule has 1 atom stereocenters. The Kier molecular flexibility index (Phi) is 7.60. The van der Waals surface area contributed by atoms with Crippen LogP contribution in [0.25, 0.3) is 0 Å². The molecule has 0 spiro atoms. The number of aromatic nitrogens is 2. The van der Waals surface area contributed by atoms with Gasteiger partial charge in [0, 0.05) is 12.8 Å². The Morgan fingerprint density at radius 2 is 2.00 bits per heavy atom. The van der Waals surface area contributed by atoms with Gasteiger partial charge in [0.2, 0.25) is 17.7 Å². The lowest BCUT2D eigenvalue weighted by Gasteiger charge is -2.27. The number of hydrogen-bond acceptors (Lipinski definition) is 9. The summed E-state index contributed by atoms with van der Waals surface area (Å²) in [4.78, 5) is 74.3. The number of esters is 1. The lowest BCUT2D eigenvalue weighted by molar-refractivity contribution is -0.136. The van der Waals surface area contributed by atoms with E-state index in [9.17, 15) is 28.8 Å². The average molecular weight is 511 g/mol. The minimum absolute atomic E-state index is 0.0299. The van der Waals surface area contributed by atoms with Crippen molar-refractivity contribution < 1.29 is 38.2 Å². The van der Waals surface area contributed by atoms with Gasteiger partial charge in [0.25, 0.3) is 11.8 Å². The second kappa shape index (κ2) is 11.0. The van der Waals surface area contributed by atoms with Gasteiger partial charge in [0.15, 0.2) is 5.69 Å². The topological polar surface area (TPSA) is 177 Å². The number of carbonyl (C=O) groups is 6. The molecule has 1 aromatic carbocycles. The molecule has 1 unspecified atom stereocenters. The van der Waals surface area contributed by atoms with Gasteiger partial charge in [-0.3, -0.25) is 39.3 Å². The lowest BCUT2D eigenvalue weighted by Crippen LogP contribution is -2.54. The third kappa shape index (κ3) is 5.50. The fraction of sp³-hybridized carbons (Fsp3) is 0.375. The number of nitrogens with one attached hydrogen (secondary N) is 3. The molecule has 0 radical (unpaired) electrons. The molecule has 13 nitrogen and oxygen atoms in total. The highest BCUT2D eigenvalue weighted by atomic mass is 16.5. The maximum atomic E-state index is 13.1. The molecule has 0 bridgehead atoms. The van der Waals surface area contributed by atoms with E-state index in [1.807, 2.05) is 0 Å². The number of carbonyl (C=O) groups excluding carboxylic acids is 6. The van der Waals surface area contributed by atoms with Crippen LogP contribution in [0, 0.1) is 0 Å². The van der Waals surface area contributed by atoms with Crippen LogP contribution in [0.4, 0.5) is 0 Å². The van der Waals surface area contributed by atoms with Crippen molar-refractivity contribution in [3.05, 3.63) is 46.8 Å². The summed E-state index contributed by atoms with van der Waals surface area (Å²) < 4.78 is 10.6. The van der Waals surface area contributed by atoms with Gasteiger partial charge in [-0.05, 0) is 38.0 Å². The zero-order chi connectivity index (χ0) is 26.5. The number of hydrogen-bond donors (Lipinski definition) is 3.